The molecular weight excluding hydrogens is 308 g/mol. The van der Waals surface area contributed by atoms with Crippen molar-refractivity contribution >= 4 is 0 Å². The first-order valence-electron chi connectivity index (χ1n) is 9.75. The number of pyridine rings is 1. The fraction of sp³-hybridized carbons (Fsp3) is 0.667. The number of nitrogens with zero attached hydrogens (tertiary/aromatic N) is 4. The fourth-order valence-electron chi connectivity index (χ4n) is 5.84. The van der Waals surface area contributed by atoms with Crippen molar-refractivity contribution in [1.82, 2.24) is 9.88 Å². The maximum Gasteiger partial charge on any atom is 0.113 e. The third-order valence-electron chi connectivity index (χ3n) is 7.04. The molecule has 0 N–H and O–H groups in total. The van der Waals surface area contributed by atoms with Gasteiger partial charge in [-0.1, -0.05) is 31.7 Å². The van der Waals surface area contributed by atoms with Crippen LogP contribution >= 0.6 is 0 Å². The molecule has 1 aromatic heterocycles. The van der Waals surface area contributed by atoms with Crippen LogP contribution in [-0.2, 0) is 6.54 Å². The lowest BCUT2D eigenvalue weighted by Crippen LogP contribution is -2.70. The minimum Gasteiger partial charge on any atom is -0.261 e. The Kier molecular flexibility index (Phi) is 4.26. The van der Waals surface area contributed by atoms with Gasteiger partial charge in [0, 0.05) is 12.7 Å². The van der Waals surface area contributed by atoms with Gasteiger partial charge in [0.2, 0.25) is 0 Å². The monoisotopic (exact) mass is 334 g/mol. The Bertz CT molecular complexity index is 663. The lowest BCUT2D eigenvalue weighted by Gasteiger charge is -2.61. The van der Waals surface area contributed by atoms with Crippen molar-refractivity contribution in [3.63, 3.8) is 0 Å². The molecule has 3 fully saturated rings. The Hall–Kier alpha value is -1.91. The highest BCUT2D eigenvalue weighted by Gasteiger charge is 2.61. The molecule has 4 heteroatoms. The Morgan fingerprint density at radius 1 is 1.00 bits per heavy atom. The third kappa shape index (κ3) is 2.47. The van der Waals surface area contributed by atoms with Crippen LogP contribution in [-0.4, -0.2) is 21.0 Å². The average Bonchev–Trinajstić information content (AvgIpc) is 2.68. The highest BCUT2D eigenvalue weighted by Crippen LogP contribution is 2.56. The van der Waals surface area contributed by atoms with Crippen molar-refractivity contribution < 1.29 is 0 Å². The number of piperidine rings is 1. The maximum absolute atomic E-state index is 10.3. The standard InChI is InChI=1S/C21H26N4/c22-15-20-10-4-1-7-17(20)13-18-8-2-5-11-21(18,16-23)25(20)14-19-9-3-6-12-24-19/h3,6,9,12,17-18H,1-2,4-5,7-8,10-11,13-14H2/t17-,18+,20-,21-/m1/s1. The van der Waals surface area contributed by atoms with Crippen molar-refractivity contribution in [3.8, 4) is 12.1 Å². The molecule has 2 aliphatic carbocycles. The fourth-order valence-corrected chi connectivity index (χ4v) is 5.84. The summed E-state index contributed by atoms with van der Waals surface area (Å²) in [7, 11) is 0. The quantitative estimate of drug-likeness (QED) is 0.813. The molecule has 2 heterocycles. The molecule has 2 saturated carbocycles. The van der Waals surface area contributed by atoms with Crippen LogP contribution in [0.5, 0.6) is 0 Å². The van der Waals surface area contributed by atoms with Gasteiger partial charge in [0.05, 0.1) is 17.8 Å². The molecule has 1 aromatic rings. The van der Waals surface area contributed by atoms with Crippen molar-refractivity contribution in [2.75, 3.05) is 0 Å². The van der Waals surface area contributed by atoms with Crippen molar-refractivity contribution in [2.24, 2.45) is 11.8 Å². The molecule has 4 atom stereocenters. The second-order valence-electron chi connectivity index (χ2n) is 8.10. The Morgan fingerprint density at radius 2 is 1.64 bits per heavy atom. The van der Waals surface area contributed by atoms with E-state index < -0.39 is 11.1 Å². The Balaban J connectivity index is 1.81. The molecule has 25 heavy (non-hydrogen) atoms. The van der Waals surface area contributed by atoms with Gasteiger partial charge in [0.1, 0.15) is 11.1 Å². The van der Waals surface area contributed by atoms with Crippen LogP contribution in [0, 0.1) is 34.5 Å². The van der Waals surface area contributed by atoms with E-state index >= 15 is 0 Å². The van der Waals surface area contributed by atoms with Crippen LogP contribution in [0.4, 0.5) is 0 Å². The summed E-state index contributed by atoms with van der Waals surface area (Å²) in [5.74, 6) is 0.805. The summed E-state index contributed by atoms with van der Waals surface area (Å²) in [4.78, 5) is 6.84. The zero-order valence-corrected chi connectivity index (χ0v) is 14.8. The zero-order chi connectivity index (χ0) is 17.3. The summed E-state index contributed by atoms with van der Waals surface area (Å²) in [6.45, 7) is 0.620. The van der Waals surface area contributed by atoms with Crippen molar-refractivity contribution in [1.29, 1.82) is 10.5 Å². The molecule has 0 radical (unpaired) electrons. The predicted octanol–water partition coefficient (Wildman–Crippen LogP) is 4.19. The van der Waals surface area contributed by atoms with Gasteiger partial charge in [0.25, 0.3) is 0 Å². The van der Waals surface area contributed by atoms with Gasteiger partial charge < -0.3 is 0 Å². The first kappa shape index (κ1) is 16.6. The van der Waals surface area contributed by atoms with Crippen LogP contribution in [0.15, 0.2) is 24.4 Å². The second-order valence-corrected chi connectivity index (χ2v) is 8.10. The molecule has 130 valence electrons. The Morgan fingerprint density at radius 3 is 2.16 bits per heavy atom. The molecule has 0 aromatic carbocycles. The van der Waals surface area contributed by atoms with Gasteiger partial charge in [-0.15, -0.1) is 0 Å². The van der Waals surface area contributed by atoms with Crippen molar-refractivity contribution in [2.45, 2.75) is 75.4 Å². The number of nitriles is 2. The van der Waals surface area contributed by atoms with Gasteiger partial charge in [-0.3, -0.25) is 9.88 Å². The highest BCUT2D eigenvalue weighted by molar-refractivity contribution is 5.28. The van der Waals surface area contributed by atoms with Crippen LogP contribution in [0.3, 0.4) is 0 Å². The maximum atomic E-state index is 10.3. The number of fused-ring (bicyclic) bond motifs is 2. The zero-order valence-electron chi connectivity index (χ0n) is 14.8. The molecule has 3 aliphatic rings. The molecule has 4 rings (SSSR count). The van der Waals surface area contributed by atoms with Crippen LogP contribution in [0.1, 0.15) is 63.5 Å². The van der Waals surface area contributed by atoms with Crippen LogP contribution < -0.4 is 0 Å². The van der Waals surface area contributed by atoms with Gasteiger partial charge >= 0.3 is 0 Å². The molecule has 0 amide bonds. The van der Waals surface area contributed by atoms with E-state index in [2.05, 4.69) is 22.0 Å². The third-order valence-corrected chi connectivity index (χ3v) is 7.04. The molecule has 0 spiro atoms. The largest absolute Gasteiger partial charge is 0.261 e. The van der Waals surface area contributed by atoms with Gasteiger partial charge in [0.15, 0.2) is 0 Å². The SMILES string of the molecule is N#C[C@]12CCCC[C@@H]1C[C@@H]1CCCC[C@]1(C#N)N2Cc1ccccn1. The smallest absolute Gasteiger partial charge is 0.113 e. The normalized spacial score (nSPS) is 38.0. The summed E-state index contributed by atoms with van der Waals surface area (Å²) >= 11 is 0. The highest BCUT2D eigenvalue weighted by atomic mass is 15.3. The molecule has 0 bridgehead atoms. The van der Waals surface area contributed by atoms with E-state index in [0.29, 0.717) is 18.4 Å². The molecular formula is C21H26N4. The van der Waals surface area contributed by atoms with E-state index in [1.165, 1.54) is 12.8 Å². The van der Waals surface area contributed by atoms with E-state index in [9.17, 15) is 10.5 Å². The summed E-state index contributed by atoms with van der Waals surface area (Å²) in [6.07, 6.45) is 11.6. The number of rotatable bonds is 2. The number of likely N-dealkylation sites (tertiary alicyclic amines) is 1. The topological polar surface area (TPSA) is 63.7 Å². The lowest BCUT2D eigenvalue weighted by molar-refractivity contribution is -0.117. The summed E-state index contributed by atoms with van der Waals surface area (Å²) in [5.41, 5.74) is 0.000820. The number of hydrogen-bond acceptors (Lipinski definition) is 4. The first-order valence-corrected chi connectivity index (χ1v) is 9.75. The minimum absolute atomic E-state index is 0.402. The predicted molar refractivity (Wildman–Crippen MR) is 95.0 cm³/mol. The minimum atomic E-state index is -0.487. The Labute approximate surface area is 150 Å². The van der Waals surface area contributed by atoms with E-state index in [1.807, 2.05) is 24.4 Å². The molecule has 0 unspecified atom stereocenters. The molecule has 1 saturated heterocycles. The average molecular weight is 334 g/mol. The molecule has 1 aliphatic heterocycles. The van der Waals surface area contributed by atoms with E-state index in [-0.39, 0.29) is 0 Å². The second kappa shape index (κ2) is 6.43. The van der Waals surface area contributed by atoms with E-state index in [0.717, 1.165) is 50.6 Å². The first-order chi connectivity index (χ1) is 12.2. The number of hydrogen-bond donors (Lipinski definition) is 0. The van der Waals surface area contributed by atoms with Gasteiger partial charge in [-0.2, -0.15) is 10.5 Å². The van der Waals surface area contributed by atoms with Gasteiger partial charge in [-0.05, 0) is 56.1 Å². The summed E-state index contributed by atoms with van der Waals surface area (Å²) < 4.78 is 0. The lowest BCUT2D eigenvalue weighted by atomic mass is 9.57. The van der Waals surface area contributed by atoms with E-state index in [1.54, 1.807) is 0 Å². The summed E-state index contributed by atoms with van der Waals surface area (Å²) in [5, 5.41) is 20.6. The van der Waals surface area contributed by atoms with Crippen molar-refractivity contribution in [3.05, 3.63) is 30.1 Å². The number of aromatic nitrogens is 1. The van der Waals surface area contributed by atoms with Crippen LogP contribution in [0.2, 0.25) is 0 Å². The van der Waals surface area contributed by atoms with E-state index in [4.69, 9.17) is 0 Å². The van der Waals surface area contributed by atoms with Gasteiger partial charge in [-0.25, -0.2) is 0 Å². The molecule has 4 nitrogen and oxygen atoms in total. The van der Waals surface area contributed by atoms with Crippen LogP contribution in [0.25, 0.3) is 0 Å². The summed E-state index contributed by atoms with van der Waals surface area (Å²) in [6, 6.07) is 11.4.